The van der Waals surface area contributed by atoms with Gasteiger partial charge in [0.25, 0.3) is 5.91 Å². The fourth-order valence-electron chi connectivity index (χ4n) is 5.33. The number of hydrogen-bond acceptors (Lipinski definition) is 6. The standard InChI is InChI=1S/C26H27N5O4S/c32-20-11-6-15(14-28-20)29-24(33)23-22-21-19(12-13-27-25(21)36-23)31(26(34)30-22)16-7-9-18(10-8-16)35-17-4-2-1-3-5-17/h1-5,7-10,15,19,21,25,27H,6,11-14H2,(H,28,32)(H,29,33)(H,30,34). The number of nitrogens with zero attached hydrogens (tertiary/aromatic N) is 1. The smallest absolute Gasteiger partial charge is 0.326 e. The topological polar surface area (TPSA) is 112 Å². The normalized spacial score (nSPS) is 27.2. The lowest BCUT2D eigenvalue weighted by molar-refractivity contribution is -0.124. The van der Waals surface area contributed by atoms with Crippen LogP contribution in [-0.4, -0.2) is 48.4 Å². The molecule has 186 valence electrons. The lowest BCUT2D eigenvalue weighted by atomic mass is 9.86. The Kier molecular flexibility index (Phi) is 6.06. The van der Waals surface area contributed by atoms with E-state index in [2.05, 4.69) is 21.3 Å². The third-order valence-electron chi connectivity index (χ3n) is 7.04. The predicted molar refractivity (Wildman–Crippen MR) is 136 cm³/mol. The number of urea groups is 1. The summed E-state index contributed by atoms with van der Waals surface area (Å²) in [5, 5.41) is 12.4. The third-order valence-corrected chi connectivity index (χ3v) is 8.40. The first-order chi connectivity index (χ1) is 17.6. The van der Waals surface area contributed by atoms with Crippen molar-refractivity contribution in [2.24, 2.45) is 5.92 Å². The number of benzene rings is 2. The molecule has 4 heterocycles. The van der Waals surface area contributed by atoms with E-state index in [4.69, 9.17) is 4.74 Å². The molecule has 3 fully saturated rings. The van der Waals surface area contributed by atoms with E-state index in [0.717, 1.165) is 24.4 Å². The Labute approximate surface area is 213 Å². The van der Waals surface area contributed by atoms with Crippen molar-refractivity contribution in [2.75, 3.05) is 18.0 Å². The summed E-state index contributed by atoms with van der Waals surface area (Å²) in [6.45, 7) is 1.18. The van der Waals surface area contributed by atoms with Crippen molar-refractivity contribution >= 4 is 35.3 Å². The van der Waals surface area contributed by atoms with E-state index < -0.39 is 0 Å². The zero-order valence-corrected chi connectivity index (χ0v) is 20.3. The number of hydrogen-bond donors (Lipinski definition) is 4. The summed E-state index contributed by atoms with van der Waals surface area (Å²) in [6.07, 6.45) is 1.80. The van der Waals surface area contributed by atoms with E-state index in [0.29, 0.717) is 35.7 Å². The van der Waals surface area contributed by atoms with Crippen molar-refractivity contribution in [1.29, 1.82) is 0 Å². The molecule has 6 rings (SSSR count). The van der Waals surface area contributed by atoms with E-state index in [-0.39, 0.29) is 41.2 Å². The van der Waals surface area contributed by atoms with Gasteiger partial charge in [0, 0.05) is 36.3 Å². The number of para-hydroxylation sites is 1. The van der Waals surface area contributed by atoms with Gasteiger partial charge in [0.2, 0.25) is 5.91 Å². The maximum atomic E-state index is 13.3. The van der Waals surface area contributed by atoms with Gasteiger partial charge in [-0.2, -0.15) is 0 Å². The van der Waals surface area contributed by atoms with Crippen LogP contribution < -0.4 is 30.9 Å². The van der Waals surface area contributed by atoms with Crippen LogP contribution in [0.25, 0.3) is 0 Å². The first kappa shape index (κ1) is 22.9. The van der Waals surface area contributed by atoms with Crippen LogP contribution in [0.15, 0.2) is 65.2 Å². The number of amides is 4. The molecular formula is C26H27N5O4S. The summed E-state index contributed by atoms with van der Waals surface area (Å²) in [5.74, 6) is 1.24. The fourth-order valence-corrected chi connectivity index (χ4v) is 6.73. The van der Waals surface area contributed by atoms with Crippen LogP contribution in [0, 0.1) is 5.92 Å². The number of piperidine rings is 2. The van der Waals surface area contributed by atoms with E-state index >= 15 is 0 Å². The maximum Gasteiger partial charge on any atom is 0.326 e. The van der Waals surface area contributed by atoms with Gasteiger partial charge in [0.05, 0.1) is 16.3 Å². The average molecular weight is 506 g/mol. The van der Waals surface area contributed by atoms with Crippen molar-refractivity contribution in [2.45, 2.75) is 36.7 Å². The summed E-state index contributed by atoms with van der Waals surface area (Å²) in [7, 11) is 0. The number of carbonyl (C=O) groups excluding carboxylic acids is 3. The lowest BCUT2D eigenvalue weighted by Crippen LogP contribution is -2.62. The van der Waals surface area contributed by atoms with Gasteiger partial charge in [-0.05, 0) is 55.8 Å². The van der Waals surface area contributed by atoms with Crippen LogP contribution in [0.1, 0.15) is 19.3 Å². The Morgan fingerprint density at radius 3 is 2.56 bits per heavy atom. The van der Waals surface area contributed by atoms with Crippen LogP contribution in [0.5, 0.6) is 11.5 Å². The number of nitrogens with one attached hydrogen (secondary N) is 4. The van der Waals surface area contributed by atoms with Crippen LogP contribution >= 0.6 is 11.8 Å². The number of anilines is 1. The summed E-state index contributed by atoms with van der Waals surface area (Å²) in [4.78, 5) is 40.3. The molecule has 2 aromatic carbocycles. The van der Waals surface area contributed by atoms with E-state index in [9.17, 15) is 14.4 Å². The van der Waals surface area contributed by atoms with Crippen molar-refractivity contribution in [3.63, 3.8) is 0 Å². The van der Waals surface area contributed by atoms with Gasteiger partial charge in [-0.15, -0.1) is 0 Å². The first-order valence-electron chi connectivity index (χ1n) is 12.2. The number of carbonyl (C=O) groups is 3. The highest BCUT2D eigenvalue weighted by Crippen LogP contribution is 2.48. The van der Waals surface area contributed by atoms with Crippen molar-refractivity contribution in [3.8, 4) is 11.5 Å². The Balaban J connectivity index is 1.21. The Morgan fingerprint density at radius 1 is 1.03 bits per heavy atom. The minimum atomic E-state index is -0.235. The summed E-state index contributed by atoms with van der Waals surface area (Å²) in [6, 6.07) is 16.7. The first-order valence-corrected chi connectivity index (χ1v) is 13.1. The Bertz CT molecular complexity index is 1210. The molecule has 4 aliphatic rings. The molecule has 2 aromatic rings. The monoisotopic (exact) mass is 505 g/mol. The molecule has 0 radical (unpaired) electrons. The molecule has 36 heavy (non-hydrogen) atoms. The van der Waals surface area contributed by atoms with Crippen molar-refractivity contribution < 1.29 is 19.1 Å². The van der Waals surface area contributed by atoms with Gasteiger partial charge >= 0.3 is 6.03 Å². The summed E-state index contributed by atoms with van der Waals surface area (Å²) < 4.78 is 5.90. The van der Waals surface area contributed by atoms with Crippen LogP contribution in [-0.2, 0) is 9.59 Å². The van der Waals surface area contributed by atoms with E-state index in [1.54, 1.807) is 0 Å². The van der Waals surface area contributed by atoms with Gasteiger partial charge in [-0.25, -0.2) is 4.79 Å². The predicted octanol–water partition coefficient (Wildman–Crippen LogP) is 2.67. The highest BCUT2D eigenvalue weighted by molar-refractivity contribution is 8.04. The average Bonchev–Trinajstić information content (AvgIpc) is 3.26. The molecule has 0 aromatic heterocycles. The number of thioether (sulfide) groups is 1. The highest BCUT2D eigenvalue weighted by atomic mass is 32.2. The zero-order valence-electron chi connectivity index (χ0n) is 19.5. The minimum Gasteiger partial charge on any atom is -0.457 e. The highest BCUT2D eigenvalue weighted by Gasteiger charge is 2.51. The van der Waals surface area contributed by atoms with Gasteiger partial charge < -0.3 is 26.0 Å². The molecule has 10 heteroatoms. The Hall–Kier alpha value is -3.50. The van der Waals surface area contributed by atoms with Crippen molar-refractivity contribution in [1.82, 2.24) is 21.3 Å². The molecule has 4 aliphatic heterocycles. The second-order valence-corrected chi connectivity index (χ2v) is 10.5. The number of ether oxygens (including phenoxy) is 1. The van der Waals surface area contributed by atoms with Crippen LogP contribution in [0.3, 0.4) is 0 Å². The molecule has 4 N–H and O–H groups in total. The SMILES string of the molecule is O=C1CCC(NC(=O)C2=C3NC(=O)N(c4ccc(Oc5ccccc5)cc4)C4CCNC(S2)C34)CN1. The van der Waals surface area contributed by atoms with Crippen molar-refractivity contribution in [3.05, 3.63) is 65.2 Å². The molecular weight excluding hydrogens is 478 g/mol. The van der Waals surface area contributed by atoms with Crippen LogP contribution in [0.2, 0.25) is 0 Å². The van der Waals surface area contributed by atoms with Crippen LogP contribution in [0.4, 0.5) is 10.5 Å². The Morgan fingerprint density at radius 2 is 1.81 bits per heavy atom. The number of rotatable bonds is 5. The second-order valence-electron chi connectivity index (χ2n) is 9.34. The molecule has 4 unspecified atom stereocenters. The molecule has 0 bridgehead atoms. The molecule has 3 saturated heterocycles. The largest absolute Gasteiger partial charge is 0.457 e. The fraction of sp³-hybridized carbons (Fsp3) is 0.346. The zero-order chi connectivity index (χ0) is 24.6. The summed E-state index contributed by atoms with van der Waals surface area (Å²) in [5.41, 5.74) is 1.49. The third kappa shape index (κ3) is 4.31. The molecule has 0 saturated carbocycles. The quantitative estimate of drug-likeness (QED) is 0.497. The molecule has 4 atom stereocenters. The van der Waals surface area contributed by atoms with E-state index in [1.165, 1.54) is 11.8 Å². The lowest BCUT2D eigenvalue weighted by Gasteiger charge is -2.45. The molecule has 0 aliphatic carbocycles. The van der Waals surface area contributed by atoms with Gasteiger partial charge in [-0.3, -0.25) is 14.5 Å². The molecule has 9 nitrogen and oxygen atoms in total. The van der Waals surface area contributed by atoms with Gasteiger partial charge in [0.15, 0.2) is 0 Å². The maximum absolute atomic E-state index is 13.3. The molecule has 0 spiro atoms. The minimum absolute atomic E-state index is 0.00865. The van der Waals surface area contributed by atoms with Gasteiger partial charge in [0.1, 0.15) is 11.5 Å². The van der Waals surface area contributed by atoms with E-state index in [1.807, 2.05) is 59.5 Å². The van der Waals surface area contributed by atoms with Gasteiger partial charge in [-0.1, -0.05) is 30.0 Å². The summed E-state index contributed by atoms with van der Waals surface area (Å²) >= 11 is 1.48. The second kappa shape index (κ2) is 9.51. The molecule has 4 amide bonds.